The van der Waals surface area contributed by atoms with Crippen LogP contribution in [0.1, 0.15) is 18.1 Å². The van der Waals surface area contributed by atoms with Crippen molar-refractivity contribution in [1.82, 2.24) is 4.90 Å². The minimum absolute atomic E-state index is 0.487. The molecule has 26 heavy (non-hydrogen) atoms. The van der Waals surface area contributed by atoms with Crippen LogP contribution in [0.2, 0.25) is 0 Å². The lowest BCUT2D eigenvalue weighted by Crippen LogP contribution is -2.40. The number of morpholine rings is 1. The fraction of sp³-hybridized carbons (Fsp3) is 0.350. The van der Waals surface area contributed by atoms with Crippen LogP contribution in [-0.2, 0) is 11.3 Å². The van der Waals surface area contributed by atoms with Crippen LogP contribution in [0.15, 0.2) is 46.9 Å². The second kappa shape index (κ2) is 9.35. The molecule has 1 aliphatic heterocycles. The third kappa shape index (κ3) is 4.75. The zero-order valence-corrected chi connectivity index (χ0v) is 17.1. The van der Waals surface area contributed by atoms with Crippen molar-refractivity contribution in [3.8, 4) is 11.5 Å². The number of rotatable bonds is 6. The average molecular weight is 436 g/mol. The number of thiocarbonyl (C=S) groups is 1. The highest BCUT2D eigenvalue weighted by molar-refractivity contribution is 9.10. The van der Waals surface area contributed by atoms with E-state index in [0.717, 1.165) is 33.7 Å². The van der Waals surface area contributed by atoms with Gasteiger partial charge < -0.3 is 19.1 Å². The molecule has 0 aliphatic carbocycles. The van der Waals surface area contributed by atoms with Gasteiger partial charge in [-0.05, 0) is 40.5 Å². The van der Waals surface area contributed by atoms with Crippen LogP contribution >= 0.6 is 28.1 Å². The summed E-state index contributed by atoms with van der Waals surface area (Å²) in [5, 5.41) is 0. The van der Waals surface area contributed by atoms with Gasteiger partial charge in [-0.3, -0.25) is 0 Å². The highest BCUT2D eigenvalue weighted by Gasteiger charge is 2.20. The maximum Gasteiger partial charge on any atom is 0.162 e. The van der Waals surface area contributed by atoms with Crippen LogP contribution in [0.25, 0.3) is 0 Å². The Bertz CT molecular complexity index is 748. The molecule has 6 heteroatoms. The molecule has 0 amide bonds. The summed E-state index contributed by atoms with van der Waals surface area (Å²) in [6.07, 6.45) is 0. The standard InChI is InChI=1S/C20H22BrNO3S/c1-2-24-18-12-16(20(26)22-8-10-23-11-9-22)17(21)13-19(18)25-14-15-6-4-3-5-7-15/h3-7,12-13H,2,8-11,14H2,1H3. The zero-order valence-electron chi connectivity index (χ0n) is 14.7. The van der Waals surface area contributed by atoms with Gasteiger partial charge in [0.25, 0.3) is 0 Å². The predicted molar refractivity (Wildman–Crippen MR) is 110 cm³/mol. The zero-order chi connectivity index (χ0) is 18.4. The first-order valence-corrected chi connectivity index (χ1v) is 9.89. The summed E-state index contributed by atoms with van der Waals surface area (Å²) in [4.78, 5) is 2.97. The molecule has 2 aromatic rings. The predicted octanol–water partition coefficient (Wildman–Crippen LogP) is 4.43. The van der Waals surface area contributed by atoms with Crippen molar-refractivity contribution in [3.05, 3.63) is 58.1 Å². The van der Waals surface area contributed by atoms with Crippen molar-refractivity contribution in [2.45, 2.75) is 13.5 Å². The number of ether oxygens (including phenoxy) is 3. The Morgan fingerprint density at radius 2 is 1.81 bits per heavy atom. The lowest BCUT2D eigenvalue weighted by Gasteiger charge is -2.30. The molecular weight excluding hydrogens is 414 g/mol. The van der Waals surface area contributed by atoms with Crippen molar-refractivity contribution in [2.75, 3.05) is 32.9 Å². The summed E-state index contributed by atoms with van der Waals surface area (Å²) in [5.74, 6) is 1.41. The number of hydrogen-bond donors (Lipinski definition) is 0. The van der Waals surface area contributed by atoms with Gasteiger partial charge in [0.2, 0.25) is 0 Å². The molecule has 0 N–H and O–H groups in total. The summed E-state index contributed by atoms with van der Waals surface area (Å²) in [7, 11) is 0. The van der Waals surface area contributed by atoms with E-state index >= 15 is 0 Å². The Morgan fingerprint density at radius 1 is 1.12 bits per heavy atom. The van der Waals surface area contributed by atoms with Crippen LogP contribution in [0, 0.1) is 0 Å². The van der Waals surface area contributed by atoms with Crippen molar-refractivity contribution >= 4 is 33.1 Å². The minimum Gasteiger partial charge on any atom is -0.490 e. The van der Waals surface area contributed by atoms with Crippen LogP contribution in [0.4, 0.5) is 0 Å². The molecule has 1 saturated heterocycles. The molecule has 1 fully saturated rings. The summed E-state index contributed by atoms with van der Waals surface area (Å²) in [6.45, 7) is 6.03. The normalized spacial score (nSPS) is 14.2. The summed E-state index contributed by atoms with van der Waals surface area (Å²) >= 11 is 9.35. The molecule has 0 bridgehead atoms. The average Bonchev–Trinajstić information content (AvgIpc) is 2.69. The maximum absolute atomic E-state index is 6.00. The van der Waals surface area contributed by atoms with Crippen LogP contribution in [0.5, 0.6) is 11.5 Å². The van der Waals surface area contributed by atoms with Crippen molar-refractivity contribution in [3.63, 3.8) is 0 Å². The van der Waals surface area contributed by atoms with Gasteiger partial charge in [-0.25, -0.2) is 0 Å². The van der Waals surface area contributed by atoms with Crippen molar-refractivity contribution < 1.29 is 14.2 Å². The van der Waals surface area contributed by atoms with E-state index < -0.39 is 0 Å². The van der Waals surface area contributed by atoms with Gasteiger partial charge in [-0.1, -0.05) is 42.5 Å². The van der Waals surface area contributed by atoms with E-state index in [1.165, 1.54) is 0 Å². The van der Waals surface area contributed by atoms with E-state index in [9.17, 15) is 0 Å². The largest absolute Gasteiger partial charge is 0.490 e. The molecule has 3 rings (SSSR count). The molecule has 0 atom stereocenters. The van der Waals surface area contributed by atoms with E-state index in [2.05, 4.69) is 20.8 Å². The van der Waals surface area contributed by atoms with Gasteiger partial charge in [-0.15, -0.1) is 0 Å². The fourth-order valence-corrected chi connectivity index (χ4v) is 3.75. The van der Waals surface area contributed by atoms with E-state index in [0.29, 0.717) is 37.9 Å². The molecule has 0 aromatic heterocycles. The summed E-state index contributed by atoms with van der Waals surface area (Å²) < 4.78 is 18.1. The van der Waals surface area contributed by atoms with Crippen molar-refractivity contribution in [1.29, 1.82) is 0 Å². The Kier molecular flexibility index (Phi) is 6.88. The SMILES string of the molecule is CCOc1cc(C(=S)N2CCOCC2)c(Br)cc1OCc1ccccc1. The molecule has 1 aliphatic rings. The molecule has 2 aromatic carbocycles. The first kappa shape index (κ1) is 19.1. The molecule has 138 valence electrons. The topological polar surface area (TPSA) is 30.9 Å². The second-order valence-electron chi connectivity index (χ2n) is 5.89. The Morgan fingerprint density at radius 3 is 2.50 bits per heavy atom. The highest BCUT2D eigenvalue weighted by atomic mass is 79.9. The molecule has 0 radical (unpaired) electrons. The van der Waals surface area contributed by atoms with E-state index in [4.69, 9.17) is 26.4 Å². The third-order valence-corrected chi connectivity index (χ3v) is 5.23. The van der Waals surface area contributed by atoms with E-state index in [1.807, 2.05) is 49.4 Å². The van der Waals surface area contributed by atoms with Crippen LogP contribution in [-0.4, -0.2) is 42.8 Å². The van der Waals surface area contributed by atoms with Gasteiger partial charge >= 0.3 is 0 Å². The molecule has 0 saturated carbocycles. The van der Waals surface area contributed by atoms with Gasteiger partial charge in [0.05, 0.1) is 19.8 Å². The molecule has 1 heterocycles. The number of benzene rings is 2. The number of hydrogen-bond acceptors (Lipinski definition) is 4. The number of halogens is 1. The molecule has 0 spiro atoms. The molecule has 4 nitrogen and oxygen atoms in total. The monoisotopic (exact) mass is 435 g/mol. The van der Waals surface area contributed by atoms with Gasteiger partial charge in [-0.2, -0.15) is 0 Å². The Labute approximate surface area is 168 Å². The third-order valence-electron chi connectivity index (χ3n) is 4.10. The quantitative estimate of drug-likeness (QED) is 0.626. The summed E-state index contributed by atoms with van der Waals surface area (Å²) in [5.41, 5.74) is 2.05. The Hall–Kier alpha value is -1.63. The first-order valence-electron chi connectivity index (χ1n) is 8.69. The van der Waals surface area contributed by atoms with Crippen LogP contribution < -0.4 is 9.47 Å². The first-order chi connectivity index (χ1) is 12.7. The van der Waals surface area contributed by atoms with E-state index in [-0.39, 0.29) is 0 Å². The highest BCUT2D eigenvalue weighted by Crippen LogP contribution is 2.35. The molecule has 0 unspecified atom stereocenters. The smallest absolute Gasteiger partial charge is 0.162 e. The summed E-state index contributed by atoms with van der Waals surface area (Å²) in [6, 6.07) is 14.0. The van der Waals surface area contributed by atoms with Gasteiger partial charge in [0.1, 0.15) is 11.6 Å². The lowest BCUT2D eigenvalue weighted by molar-refractivity contribution is 0.0692. The number of nitrogens with zero attached hydrogens (tertiary/aromatic N) is 1. The van der Waals surface area contributed by atoms with E-state index in [1.54, 1.807) is 0 Å². The maximum atomic E-state index is 6.00. The fourth-order valence-electron chi connectivity index (χ4n) is 2.75. The van der Waals surface area contributed by atoms with Crippen molar-refractivity contribution in [2.24, 2.45) is 0 Å². The lowest BCUT2D eigenvalue weighted by atomic mass is 10.1. The second-order valence-corrected chi connectivity index (χ2v) is 7.13. The Balaban J connectivity index is 1.81. The molecular formula is C20H22BrNO3S. The minimum atomic E-state index is 0.487. The van der Waals surface area contributed by atoms with Crippen LogP contribution in [0.3, 0.4) is 0 Å². The van der Waals surface area contributed by atoms with Gasteiger partial charge in [0, 0.05) is 23.1 Å². The van der Waals surface area contributed by atoms with Gasteiger partial charge in [0.15, 0.2) is 11.5 Å².